The molecule has 0 amide bonds. The number of aromatic nitrogens is 2. The summed E-state index contributed by atoms with van der Waals surface area (Å²) in [6.45, 7) is 5.92. The van der Waals surface area contributed by atoms with Crippen LogP contribution in [0.15, 0.2) is 29.3 Å². The van der Waals surface area contributed by atoms with Crippen molar-refractivity contribution in [2.24, 2.45) is 0 Å². The molecular weight excluding hydrogens is 176 g/mol. The number of nitrogens with one attached hydrogen (secondary N) is 1. The highest BCUT2D eigenvalue weighted by molar-refractivity contribution is 5.77. The minimum Gasteiger partial charge on any atom is -0.328 e. The quantitative estimate of drug-likeness (QED) is 0.692. The van der Waals surface area contributed by atoms with E-state index in [1.165, 1.54) is 0 Å². The number of pyridine rings is 2. The summed E-state index contributed by atoms with van der Waals surface area (Å²) in [6.07, 6.45) is 3.36. The van der Waals surface area contributed by atoms with Gasteiger partial charge in [-0.3, -0.25) is 9.78 Å². The summed E-state index contributed by atoms with van der Waals surface area (Å²) < 4.78 is 0. The summed E-state index contributed by atoms with van der Waals surface area (Å²) in [5.41, 5.74) is 1.66. The number of hydrogen-bond acceptors (Lipinski definition) is 2. The Morgan fingerprint density at radius 3 is 2.79 bits per heavy atom. The van der Waals surface area contributed by atoms with Gasteiger partial charge in [-0.1, -0.05) is 13.8 Å². The van der Waals surface area contributed by atoms with E-state index >= 15 is 0 Å². The summed E-state index contributed by atoms with van der Waals surface area (Å²) in [5, 5.41) is 0.650. The Bertz CT molecular complexity index is 474. The van der Waals surface area contributed by atoms with E-state index in [1.54, 1.807) is 18.5 Å². The predicted molar refractivity (Wildman–Crippen MR) is 58.4 cm³/mol. The second kappa shape index (κ2) is 4.56. The molecule has 14 heavy (non-hydrogen) atoms. The molecule has 2 rings (SSSR count). The van der Waals surface area contributed by atoms with Crippen LogP contribution in [0.5, 0.6) is 0 Å². The van der Waals surface area contributed by atoms with Gasteiger partial charge in [0.25, 0.3) is 5.56 Å². The van der Waals surface area contributed by atoms with Gasteiger partial charge in [0.05, 0.1) is 10.9 Å². The van der Waals surface area contributed by atoms with E-state index in [-0.39, 0.29) is 5.56 Å². The van der Waals surface area contributed by atoms with Crippen molar-refractivity contribution in [2.45, 2.75) is 20.8 Å². The molecule has 0 aliphatic carbocycles. The van der Waals surface area contributed by atoms with Crippen molar-refractivity contribution in [3.8, 4) is 0 Å². The van der Waals surface area contributed by atoms with Gasteiger partial charge in [-0.15, -0.1) is 0 Å². The molecule has 0 radical (unpaired) electrons. The zero-order valence-corrected chi connectivity index (χ0v) is 8.66. The predicted octanol–water partition coefficient (Wildman–Crippen LogP) is 2.26. The Hall–Kier alpha value is -1.64. The van der Waals surface area contributed by atoms with Crippen LogP contribution >= 0.6 is 0 Å². The highest BCUT2D eigenvalue weighted by Gasteiger charge is 1.97. The Morgan fingerprint density at radius 1 is 1.36 bits per heavy atom. The Balaban J connectivity index is 0.000000461. The molecule has 0 aromatic carbocycles. The summed E-state index contributed by atoms with van der Waals surface area (Å²) in [6, 6.07) is 3.62. The zero-order chi connectivity index (χ0) is 10.6. The fraction of sp³-hybridized carbons (Fsp3) is 0.273. The number of H-pyrrole nitrogens is 1. The Labute approximate surface area is 82.8 Å². The van der Waals surface area contributed by atoms with Crippen molar-refractivity contribution in [3.05, 3.63) is 40.4 Å². The Kier molecular flexibility index (Phi) is 3.40. The third-order valence-corrected chi connectivity index (χ3v) is 1.76. The molecule has 2 heterocycles. The molecule has 74 valence electrons. The SMILES string of the molecule is CC.Cc1cnc2cc[nH]c(=O)c2c1. The number of hydrogen-bond donors (Lipinski definition) is 1. The maximum absolute atomic E-state index is 11.2. The molecule has 0 unspecified atom stereocenters. The minimum absolute atomic E-state index is 0.0799. The van der Waals surface area contributed by atoms with E-state index in [0.29, 0.717) is 5.39 Å². The van der Waals surface area contributed by atoms with Crippen LogP contribution in [-0.2, 0) is 0 Å². The van der Waals surface area contributed by atoms with Gasteiger partial charge in [-0.2, -0.15) is 0 Å². The molecule has 0 aliphatic heterocycles. The van der Waals surface area contributed by atoms with Crippen LogP contribution in [0.25, 0.3) is 10.9 Å². The molecule has 0 aliphatic rings. The van der Waals surface area contributed by atoms with Crippen molar-refractivity contribution in [2.75, 3.05) is 0 Å². The zero-order valence-electron chi connectivity index (χ0n) is 8.66. The van der Waals surface area contributed by atoms with E-state index in [0.717, 1.165) is 11.1 Å². The van der Waals surface area contributed by atoms with Crippen LogP contribution in [0.3, 0.4) is 0 Å². The fourth-order valence-electron chi connectivity index (χ4n) is 1.17. The highest BCUT2D eigenvalue weighted by atomic mass is 16.1. The monoisotopic (exact) mass is 190 g/mol. The van der Waals surface area contributed by atoms with Crippen LogP contribution < -0.4 is 5.56 Å². The molecule has 0 bridgehead atoms. The van der Waals surface area contributed by atoms with Gasteiger partial charge in [-0.05, 0) is 24.6 Å². The second-order valence-corrected chi connectivity index (χ2v) is 2.75. The van der Waals surface area contributed by atoms with Crippen molar-refractivity contribution < 1.29 is 0 Å². The third-order valence-electron chi connectivity index (χ3n) is 1.76. The minimum atomic E-state index is -0.0799. The van der Waals surface area contributed by atoms with Crippen LogP contribution in [-0.4, -0.2) is 9.97 Å². The van der Waals surface area contributed by atoms with E-state index in [1.807, 2.05) is 26.8 Å². The molecule has 0 fully saturated rings. The molecule has 0 spiro atoms. The lowest BCUT2D eigenvalue weighted by Crippen LogP contribution is -2.05. The number of rotatable bonds is 0. The lowest BCUT2D eigenvalue weighted by Gasteiger charge is -1.95. The molecule has 0 saturated heterocycles. The van der Waals surface area contributed by atoms with Crippen molar-refractivity contribution >= 4 is 10.9 Å². The molecular formula is C11H14N2O. The van der Waals surface area contributed by atoms with Gasteiger partial charge >= 0.3 is 0 Å². The van der Waals surface area contributed by atoms with Gasteiger partial charge in [0.2, 0.25) is 0 Å². The maximum atomic E-state index is 11.2. The number of fused-ring (bicyclic) bond motifs is 1. The summed E-state index contributed by atoms with van der Waals surface area (Å²) in [4.78, 5) is 18.0. The van der Waals surface area contributed by atoms with E-state index < -0.39 is 0 Å². The first-order valence-electron chi connectivity index (χ1n) is 4.71. The van der Waals surface area contributed by atoms with Gasteiger partial charge in [-0.25, -0.2) is 0 Å². The summed E-state index contributed by atoms with van der Waals surface area (Å²) >= 11 is 0. The normalized spacial score (nSPS) is 9.36. The molecule has 2 aromatic rings. The van der Waals surface area contributed by atoms with Crippen LogP contribution in [0.2, 0.25) is 0 Å². The van der Waals surface area contributed by atoms with Crippen molar-refractivity contribution in [1.82, 2.24) is 9.97 Å². The second-order valence-electron chi connectivity index (χ2n) is 2.75. The van der Waals surface area contributed by atoms with E-state index in [4.69, 9.17) is 0 Å². The van der Waals surface area contributed by atoms with Gasteiger partial charge in [0.1, 0.15) is 0 Å². The molecule has 1 N–H and O–H groups in total. The first-order chi connectivity index (χ1) is 6.77. The van der Waals surface area contributed by atoms with E-state index in [2.05, 4.69) is 9.97 Å². The number of aromatic amines is 1. The molecule has 0 saturated carbocycles. The summed E-state index contributed by atoms with van der Waals surface area (Å²) in [7, 11) is 0. The summed E-state index contributed by atoms with van der Waals surface area (Å²) in [5.74, 6) is 0. The van der Waals surface area contributed by atoms with E-state index in [9.17, 15) is 4.79 Å². The van der Waals surface area contributed by atoms with Crippen LogP contribution in [0.4, 0.5) is 0 Å². The standard InChI is InChI=1S/C9H8N2O.C2H6/c1-6-4-7-8(11-5-6)2-3-10-9(7)12;1-2/h2-5H,1H3,(H,10,12);1-2H3. The molecule has 3 nitrogen and oxygen atoms in total. The first kappa shape index (κ1) is 10.4. The number of aryl methyl sites for hydroxylation is 1. The Morgan fingerprint density at radius 2 is 2.07 bits per heavy atom. The van der Waals surface area contributed by atoms with Gasteiger partial charge in [0, 0.05) is 12.4 Å². The van der Waals surface area contributed by atoms with Crippen LogP contribution in [0, 0.1) is 6.92 Å². The lowest BCUT2D eigenvalue weighted by atomic mass is 10.2. The van der Waals surface area contributed by atoms with Gasteiger partial charge in [0.15, 0.2) is 0 Å². The van der Waals surface area contributed by atoms with Gasteiger partial charge < -0.3 is 4.98 Å². The maximum Gasteiger partial charge on any atom is 0.257 e. The smallest absolute Gasteiger partial charge is 0.257 e. The third kappa shape index (κ3) is 1.99. The fourth-order valence-corrected chi connectivity index (χ4v) is 1.17. The average Bonchev–Trinajstić information content (AvgIpc) is 2.22. The molecule has 3 heteroatoms. The highest BCUT2D eigenvalue weighted by Crippen LogP contribution is 2.06. The first-order valence-corrected chi connectivity index (χ1v) is 4.71. The lowest BCUT2D eigenvalue weighted by molar-refractivity contribution is 1.24. The largest absolute Gasteiger partial charge is 0.328 e. The molecule has 0 atom stereocenters. The number of nitrogens with zero attached hydrogens (tertiary/aromatic N) is 1. The molecule has 2 aromatic heterocycles. The van der Waals surface area contributed by atoms with Crippen LogP contribution in [0.1, 0.15) is 19.4 Å². The van der Waals surface area contributed by atoms with Crippen molar-refractivity contribution in [1.29, 1.82) is 0 Å². The average molecular weight is 190 g/mol. The topological polar surface area (TPSA) is 45.8 Å². The van der Waals surface area contributed by atoms with Crippen molar-refractivity contribution in [3.63, 3.8) is 0 Å².